The molecule has 0 spiro atoms. The quantitative estimate of drug-likeness (QED) is 0.443. The van der Waals surface area contributed by atoms with Crippen LogP contribution in [0, 0.1) is 0 Å². The van der Waals surface area contributed by atoms with Crippen LogP contribution in [0.4, 0.5) is 5.13 Å². The van der Waals surface area contributed by atoms with Crippen LogP contribution in [0.25, 0.3) is 10.2 Å². The van der Waals surface area contributed by atoms with Crippen molar-refractivity contribution in [1.82, 2.24) is 9.88 Å². The van der Waals surface area contributed by atoms with Crippen molar-refractivity contribution < 1.29 is 13.2 Å². The van der Waals surface area contributed by atoms with Gasteiger partial charge >= 0.3 is 0 Å². The van der Waals surface area contributed by atoms with Crippen molar-refractivity contribution in [3.63, 3.8) is 0 Å². The first kappa shape index (κ1) is 23.7. The zero-order chi connectivity index (χ0) is 22.6. The normalized spacial score (nSPS) is 11.9. The van der Waals surface area contributed by atoms with Crippen molar-refractivity contribution in [2.45, 2.75) is 25.7 Å². The maximum Gasteiger partial charge on any atom is 0.260 e. The molecule has 0 aliphatic rings. The molecule has 0 N–H and O–H groups in total. The number of fused-ring (bicyclic) bond motifs is 1. The molecule has 1 heterocycles. The highest BCUT2D eigenvalue weighted by molar-refractivity contribution is 7.91. The SMILES string of the molecule is CCN(CC)CCN(C(=O)c1ccc(S(=O)(=O)CC)cc1)c1nc2c(Cl)cccc2s1. The van der Waals surface area contributed by atoms with E-state index < -0.39 is 9.84 Å². The van der Waals surface area contributed by atoms with E-state index in [1.165, 1.54) is 23.5 Å². The van der Waals surface area contributed by atoms with Gasteiger partial charge in [0.1, 0.15) is 5.52 Å². The number of sulfone groups is 1. The van der Waals surface area contributed by atoms with E-state index in [0.717, 1.165) is 17.8 Å². The summed E-state index contributed by atoms with van der Waals surface area (Å²) in [4.78, 5) is 22.2. The number of aromatic nitrogens is 1. The molecule has 3 aromatic rings. The highest BCUT2D eigenvalue weighted by atomic mass is 35.5. The van der Waals surface area contributed by atoms with Gasteiger partial charge in [0.25, 0.3) is 5.91 Å². The van der Waals surface area contributed by atoms with Crippen LogP contribution < -0.4 is 4.90 Å². The molecule has 0 radical (unpaired) electrons. The second kappa shape index (κ2) is 10.1. The van der Waals surface area contributed by atoms with E-state index in [-0.39, 0.29) is 16.6 Å². The number of para-hydroxylation sites is 1. The molecule has 2 aromatic carbocycles. The predicted octanol–water partition coefficient (Wildman–Crippen LogP) is 4.73. The summed E-state index contributed by atoms with van der Waals surface area (Å²) in [6, 6.07) is 11.7. The fraction of sp³-hybridized carbons (Fsp3) is 0.364. The highest BCUT2D eigenvalue weighted by Gasteiger charge is 2.23. The maximum atomic E-state index is 13.4. The topological polar surface area (TPSA) is 70.6 Å². The minimum absolute atomic E-state index is 0.0166. The smallest absolute Gasteiger partial charge is 0.260 e. The molecule has 3 rings (SSSR count). The number of carbonyl (C=O) groups is 1. The number of hydrogen-bond acceptors (Lipinski definition) is 6. The number of benzene rings is 2. The number of likely N-dealkylation sites (N-methyl/N-ethyl adjacent to an activating group) is 1. The van der Waals surface area contributed by atoms with Crippen LogP contribution in [-0.2, 0) is 9.84 Å². The molecule has 31 heavy (non-hydrogen) atoms. The molecule has 0 unspecified atom stereocenters. The van der Waals surface area contributed by atoms with Crippen molar-refractivity contribution in [3.05, 3.63) is 53.1 Å². The van der Waals surface area contributed by atoms with Gasteiger partial charge in [0.15, 0.2) is 15.0 Å². The van der Waals surface area contributed by atoms with Gasteiger partial charge in [0.05, 0.1) is 20.4 Å². The minimum Gasteiger partial charge on any atom is -0.302 e. The summed E-state index contributed by atoms with van der Waals surface area (Å²) in [6.07, 6.45) is 0. The average molecular weight is 480 g/mol. The number of carbonyl (C=O) groups excluding carboxylic acids is 1. The third-order valence-electron chi connectivity index (χ3n) is 5.21. The van der Waals surface area contributed by atoms with Gasteiger partial charge in [-0.25, -0.2) is 13.4 Å². The zero-order valence-electron chi connectivity index (χ0n) is 17.8. The lowest BCUT2D eigenvalue weighted by atomic mass is 10.2. The van der Waals surface area contributed by atoms with Crippen LogP contribution >= 0.6 is 22.9 Å². The third kappa shape index (κ3) is 5.26. The molecule has 0 fully saturated rings. The van der Waals surface area contributed by atoms with Crippen molar-refractivity contribution in [1.29, 1.82) is 0 Å². The lowest BCUT2D eigenvalue weighted by Gasteiger charge is -2.24. The monoisotopic (exact) mass is 479 g/mol. The van der Waals surface area contributed by atoms with Gasteiger partial charge in [-0.1, -0.05) is 49.8 Å². The number of amides is 1. The molecule has 1 aromatic heterocycles. The number of nitrogens with zero attached hydrogens (tertiary/aromatic N) is 3. The summed E-state index contributed by atoms with van der Waals surface area (Å²) in [5.74, 6) is -0.203. The molecular formula is C22H26ClN3O3S2. The molecule has 0 aliphatic carbocycles. The summed E-state index contributed by atoms with van der Waals surface area (Å²) in [7, 11) is -3.32. The first-order valence-corrected chi connectivity index (χ1v) is 13.1. The van der Waals surface area contributed by atoms with Crippen LogP contribution in [0.15, 0.2) is 47.4 Å². The van der Waals surface area contributed by atoms with Crippen LogP contribution in [0.3, 0.4) is 0 Å². The molecule has 6 nitrogen and oxygen atoms in total. The fourth-order valence-corrected chi connectivity index (χ4v) is 5.39. The number of hydrogen-bond donors (Lipinski definition) is 0. The minimum atomic E-state index is -3.32. The Kier molecular flexibility index (Phi) is 7.69. The largest absolute Gasteiger partial charge is 0.302 e. The Morgan fingerprint density at radius 3 is 2.29 bits per heavy atom. The van der Waals surface area contributed by atoms with Crippen molar-refractivity contribution >= 4 is 54.0 Å². The van der Waals surface area contributed by atoms with Crippen molar-refractivity contribution in [3.8, 4) is 0 Å². The highest BCUT2D eigenvalue weighted by Crippen LogP contribution is 2.33. The lowest BCUT2D eigenvalue weighted by Crippen LogP contribution is -2.38. The van der Waals surface area contributed by atoms with E-state index in [2.05, 4.69) is 23.7 Å². The summed E-state index contributed by atoms with van der Waals surface area (Å²) in [6.45, 7) is 8.70. The van der Waals surface area contributed by atoms with Gasteiger partial charge < -0.3 is 4.90 Å². The first-order chi connectivity index (χ1) is 14.8. The summed E-state index contributed by atoms with van der Waals surface area (Å²) >= 11 is 7.71. The Labute approximate surface area is 192 Å². The Hall–Kier alpha value is -2.00. The van der Waals surface area contributed by atoms with E-state index in [1.54, 1.807) is 30.0 Å². The van der Waals surface area contributed by atoms with Crippen LogP contribution in [-0.4, -0.2) is 56.1 Å². The van der Waals surface area contributed by atoms with Gasteiger partial charge in [-0.15, -0.1) is 0 Å². The van der Waals surface area contributed by atoms with Gasteiger partial charge in [-0.2, -0.15) is 0 Å². The first-order valence-electron chi connectivity index (χ1n) is 10.2. The second-order valence-electron chi connectivity index (χ2n) is 6.99. The number of anilines is 1. The van der Waals surface area contributed by atoms with Crippen LogP contribution in [0.2, 0.25) is 5.02 Å². The van der Waals surface area contributed by atoms with Crippen molar-refractivity contribution in [2.24, 2.45) is 0 Å². The van der Waals surface area contributed by atoms with E-state index in [1.807, 2.05) is 12.1 Å². The fourth-order valence-electron chi connectivity index (χ4n) is 3.21. The zero-order valence-corrected chi connectivity index (χ0v) is 20.2. The Balaban J connectivity index is 1.96. The number of halogens is 1. The standard InChI is InChI=1S/C22H26ClN3O3S2/c1-4-25(5-2)14-15-26(22-24-20-18(23)8-7-9-19(20)30-22)21(27)16-10-12-17(13-11-16)31(28,29)6-3/h7-13H,4-6,14-15H2,1-3H3. The number of thiazole rings is 1. The Morgan fingerprint density at radius 1 is 1.03 bits per heavy atom. The van der Waals surface area contributed by atoms with E-state index in [0.29, 0.717) is 34.3 Å². The summed E-state index contributed by atoms with van der Waals surface area (Å²) in [5, 5.41) is 1.12. The number of rotatable bonds is 9. The Morgan fingerprint density at radius 2 is 1.71 bits per heavy atom. The van der Waals surface area contributed by atoms with Gasteiger partial charge in [0, 0.05) is 18.7 Å². The molecule has 0 saturated heterocycles. The van der Waals surface area contributed by atoms with Crippen LogP contribution in [0.1, 0.15) is 31.1 Å². The van der Waals surface area contributed by atoms with Crippen LogP contribution in [0.5, 0.6) is 0 Å². The van der Waals surface area contributed by atoms with E-state index in [9.17, 15) is 13.2 Å². The van der Waals surface area contributed by atoms with Crippen molar-refractivity contribution in [2.75, 3.05) is 36.8 Å². The van der Waals surface area contributed by atoms with E-state index in [4.69, 9.17) is 11.6 Å². The van der Waals surface area contributed by atoms with Gasteiger partial charge in [-0.05, 0) is 49.5 Å². The molecule has 9 heteroatoms. The van der Waals surface area contributed by atoms with Gasteiger partial charge in [0.2, 0.25) is 0 Å². The molecule has 0 bridgehead atoms. The summed E-state index contributed by atoms with van der Waals surface area (Å²) in [5.41, 5.74) is 1.09. The van der Waals surface area contributed by atoms with Gasteiger partial charge in [-0.3, -0.25) is 9.69 Å². The molecule has 0 atom stereocenters. The average Bonchev–Trinajstić information content (AvgIpc) is 3.22. The molecule has 0 saturated carbocycles. The molecule has 1 amide bonds. The molecule has 166 valence electrons. The summed E-state index contributed by atoms with van der Waals surface area (Å²) < 4.78 is 25.1. The molecule has 0 aliphatic heterocycles. The third-order valence-corrected chi connectivity index (χ3v) is 8.31. The lowest BCUT2D eigenvalue weighted by molar-refractivity contribution is 0.0983. The predicted molar refractivity (Wildman–Crippen MR) is 128 cm³/mol. The molecular weight excluding hydrogens is 454 g/mol. The maximum absolute atomic E-state index is 13.4. The second-order valence-corrected chi connectivity index (χ2v) is 10.7. The Bertz CT molecular complexity index is 1160. The van der Waals surface area contributed by atoms with E-state index >= 15 is 0 Å².